The van der Waals surface area contributed by atoms with Crippen molar-refractivity contribution in [3.8, 4) is 0 Å². The summed E-state index contributed by atoms with van der Waals surface area (Å²) in [5.74, 6) is 0. The molecule has 0 fully saturated rings. The molecule has 0 aromatic heterocycles. The van der Waals surface area contributed by atoms with Crippen LogP contribution < -0.4 is 17.2 Å². The van der Waals surface area contributed by atoms with Crippen LogP contribution in [0.1, 0.15) is 45.4 Å². The van der Waals surface area contributed by atoms with Crippen LogP contribution in [0.4, 0.5) is 0 Å². The lowest BCUT2D eigenvalue weighted by atomic mass is 10.1. The maximum Gasteiger partial charge on any atom is 0.0432 e. The number of hydrogen-bond acceptors (Lipinski definition) is 3. The molecule has 1 atom stereocenters. The number of rotatable bonds is 7. The third-order valence-corrected chi connectivity index (χ3v) is 3.32. The van der Waals surface area contributed by atoms with E-state index in [1.165, 1.54) is 53.2 Å². The molecule has 0 heterocycles. The minimum absolute atomic E-state index is 0.344. The zero-order valence-electron chi connectivity index (χ0n) is 12.0. The van der Waals surface area contributed by atoms with Gasteiger partial charge in [0.2, 0.25) is 0 Å². The first kappa shape index (κ1) is 26.3. The number of alkyl halides is 2. The van der Waals surface area contributed by atoms with E-state index in [0.29, 0.717) is 5.38 Å². The van der Waals surface area contributed by atoms with Gasteiger partial charge in [-0.15, -0.1) is 11.6 Å². The van der Waals surface area contributed by atoms with Crippen molar-refractivity contribution in [1.82, 2.24) is 0 Å². The Kier molecular flexibility index (Phi) is 55.5. The second-order valence-corrected chi connectivity index (χ2v) is 4.22. The van der Waals surface area contributed by atoms with E-state index in [4.69, 9.17) is 11.6 Å². The second kappa shape index (κ2) is 36.0. The van der Waals surface area contributed by atoms with Crippen molar-refractivity contribution in [1.29, 1.82) is 0 Å². The maximum atomic E-state index is 5.93. The second-order valence-electron chi connectivity index (χ2n) is 2.95. The first-order chi connectivity index (χ1) is 8.31. The molecule has 0 amide bonds. The van der Waals surface area contributed by atoms with E-state index in [9.17, 15) is 0 Å². The molecule has 0 aliphatic heterocycles. The SMILES string of the molecule is CCCCCCCC(Cl)CBr.CN.CN.CN. The van der Waals surface area contributed by atoms with Gasteiger partial charge >= 0.3 is 0 Å². The lowest BCUT2D eigenvalue weighted by Gasteiger charge is -2.03. The van der Waals surface area contributed by atoms with Crippen molar-refractivity contribution in [3.63, 3.8) is 0 Å². The topological polar surface area (TPSA) is 78.1 Å². The summed E-state index contributed by atoms with van der Waals surface area (Å²) in [6.07, 6.45) is 7.88. The summed E-state index contributed by atoms with van der Waals surface area (Å²) in [5, 5.41) is 1.28. The van der Waals surface area contributed by atoms with Crippen LogP contribution in [0.5, 0.6) is 0 Å². The largest absolute Gasteiger partial charge is 0.333 e. The van der Waals surface area contributed by atoms with E-state index in [-0.39, 0.29) is 0 Å². The molecular formula is C12H33BrClN3. The van der Waals surface area contributed by atoms with Gasteiger partial charge in [0.05, 0.1) is 0 Å². The third-order valence-electron chi connectivity index (χ3n) is 1.79. The van der Waals surface area contributed by atoms with Crippen LogP contribution in [-0.2, 0) is 0 Å². The first-order valence-electron chi connectivity index (χ1n) is 6.24. The zero-order valence-corrected chi connectivity index (χ0v) is 14.4. The molecule has 1 unspecified atom stereocenters. The Bertz CT molecular complexity index is 88.2. The zero-order chi connectivity index (χ0) is 14.5. The van der Waals surface area contributed by atoms with E-state index in [0.717, 1.165) is 11.8 Å². The van der Waals surface area contributed by atoms with Gasteiger partial charge in [-0.25, -0.2) is 0 Å². The van der Waals surface area contributed by atoms with Gasteiger partial charge in [0.25, 0.3) is 0 Å². The van der Waals surface area contributed by atoms with Gasteiger partial charge in [-0.3, -0.25) is 0 Å². The van der Waals surface area contributed by atoms with E-state index >= 15 is 0 Å². The Balaban J connectivity index is -0.000000121. The molecule has 0 saturated carbocycles. The molecule has 6 N–H and O–H groups in total. The fourth-order valence-corrected chi connectivity index (χ4v) is 1.52. The number of nitrogens with two attached hydrogens (primary N) is 3. The summed E-state index contributed by atoms with van der Waals surface area (Å²) in [4.78, 5) is 0. The molecule has 0 rings (SSSR count). The van der Waals surface area contributed by atoms with E-state index in [1.807, 2.05) is 0 Å². The van der Waals surface area contributed by atoms with Gasteiger partial charge < -0.3 is 17.2 Å². The molecule has 110 valence electrons. The average molecular weight is 335 g/mol. The number of unbranched alkanes of at least 4 members (excludes halogenated alkanes) is 4. The van der Waals surface area contributed by atoms with Crippen LogP contribution in [0.25, 0.3) is 0 Å². The normalized spacial score (nSPS) is 9.71. The summed E-state index contributed by atoms with van der Waals surface area (Å²) in [6.45, 7) is 2.24. The van der Waals surface area contributed by atoms with Crippen molar-refractivity contribution in [2.24, 2.45) is 17.2 Å². The minimum Gasteiger partial charge on any atom is -0.333 e. The van der Waals surface area contributed by atoms with Crippen LogP contribution in [0.2, 0.25) is 0 Å². The quantitative estimate of drug-likeness (QED) is 0.494. The van der Waals surface area contributed by atoms with Gasteiger partial charge in [0.15, 0.2) is 0 Å². The maximum absolute atomic E-state index is 5.93. The van der Waals surface area contributed by atoms with Crippen LogP contribution in [0.15, 0.2) is 0 Å². The highest BCUT2D eigenvalue weighted by Gasteiger charge is 2.00. The van der Waals surface area contributed by atoms with Gasteiger partial charge in [-0.05, 0) is 27.6 Å². The molecule has 0 aliphatic rings. The summed E-state index contributed by atoms with van der Waals surface area (Å²) < 4.78 is 0. The van der Waals surface area contributed by atoms with Crippen LogP contribution >= 0.6 is 27.5 Å². The molecule has 0 aromatic carbocycles. The molecule has 0 radical (unpaired) electrons. The Labute approximate surface area is 122 Å². The Morgan fingerprint density at radius 1 is 0.882 bits per heavy atom. The molecule has 0 aliphatic carbocycles. The van der Waals surface area contributed by atoms with Gasteiger partial charge in [-0.2, -0.15) is 0 Å². The summed E-state index contributed by atoms with van der Waals surface area (Å²) in [6, 6.07) is 0. The minimum atomic E-state index is 0.344. The van der Waals surface area contributed by atoms with Crippen LogP contribution in [-0.4, -0.2) is 31.9 Å². The van der Waals surface area contributed by atoms with Crippen LogP contribution in [0.3, 0.4) is 0 Å². The molecule has 17 heavy (non-hydrogen) atoms. The third kappa shape index (κ3) is 38.4. The smallest absolute Gasteiger partial charge is 0.0432 e. The molecule has 0 spiro atoms. The Morgan fingerprint density at radius 3 is 1.65 bits per heavy atom. The Hall–Kier alpha value is 0.650. The monoisotopic (exact) mass is 333 g/mol. The fraction of sp³-hybridized carbons (Fsp3) is 1.00. The van der Waals surface area contributed by atoms with Crippen molar-refractivity contribution < 1.29 is 0 Å². The predicted octanol–water partition coefficient (Wildman–Crippen LogP) is 3.07. The molecule has 0 bridgehead atoms. The molecule has 5 heteroatoms. The predicted molar refractivity (Wildman–Crippen MR) is 87.1 cm³/mol. The lowest BCUT2D eigenvalue weighted by molar-refractivity contribution is 0.606. The highest BCUT2D eigenvalue weighted by atomic mass is 79.9. The van der Waals surface area contributed by atoms with E-state index in [2.05, 4.69) is 40.1 Å². The summed E-state index contributed by atoms with van der Waals surface area (Å²) in [5.41, 5.74) is 13.5. The van der Waals surface area contributed by atoms with Gasteiger partial charge in [-0.1, -0.05) is 55.0 Å². The highest BCUT2D eigenvalue weighted by molar-refractivity contribution is 9.09. The lowest BCUT2D eigenvalue weighted by Crippen LogP contribution is -1.98. The van der Waals surface area contributed by atoms with Gasteiger partial charge in [0, 0.05) is 10.7 Å². The molecule has 0 aromatic rings. The number of halogens is 2. The fourth-order valence-electron chi connectivity index (χ4n) is 1.05. The Morgan fingerprint density at radius 2 is 1.29 bits per heavy atom. The number of hydrogen-bond donors (Lipinski definition) is 3. The summed E-state index contributed by atoms with van der Waals surface area (Å²) in [7, 11) is 4.50. The van der Waals surface area contributed by atoms with E-state index < -0.39 is 0 Å². The first-order valence-corrected chi connectivity index (χ1v) is 7.80. The van der Waals surface area contributed by atoms with Crippen molar-refractivity contribution in [2.45, 2.75) is 50.8 Å². The van der Waals surface area contributed by atoms with E-state index in [1.54, 1.807) is 0 Å². The highest BCUT2D eigenvalue weighted by Crippen LogP contribution is 2.12. The molecule has 3 nitrogen and oxygen atoms in total. The van der Waals surface area contributed by atoms with Gasteiger partial charge in [0.1, 0.15) is 0 Å². The molecular weight excluding hydrogens is 302 g/mol. The van der Waals surface area contributed by atoms with Crippen molar-refractivity contribution in [2.75, 3.05) is 26.5 Å². The van der Waals surface area contributed by atoms with Crippen molar-refractivity contribution >= 4 is 27.5 Å². The summed E-state index contributed by atoms with van der Waals surface area (Å²) >= 11 is 9.30. The molecule has 0 saturated heterocycles. The van der Waals surface area contributed by atoms with Crippen LogP contribution in [0, 0.1) is 0 Å². The average Bonchev–Trinajstić information content (AvgIpc) is 2.45. The standard InChI is InChI=1S/C9H18BrCl.3CH5N/c1-2-3-4-5-6-7-9(11)8-10;3*1-2/h9H,2-8H2,1H3;3*2H2,1H3. The van der Waals surface area contributed by atoms with Crippen molar-refractivity contribution in [3.05, 3.63) is 0 Å².